The van der Waals surface area contributed by atoms with Crippen molar-refractivity contribution in [1.82, 2.24) is 9.80 Å². The molecule has 30 heavy (non-hydrogen) atoms. The summed E-state index contributed by atoms with van der Waals surface area (Å²) in [5, 5.41) is 0. The van der Waals surface area contributed by atoms with E-state index in [-0.39, 0.29) is 36.1 Å². The monoisotopic (exact) mass is 432 g/mol. The fourth-order valence-corrected chi connectivity index (χ4v) is 4.51. The lowest BCUT2D eigenvalue weighted by Gasteiger charge is -2.32. The molecule has 160 valence electrons. The summed E-state index contributed by atoms with van der Waals surface area (Å²) in [6.45, 7) is 2.87. The molecular weight excluding hydrogens is 407 g/mol. The Bertz CT molecular complexity index is 929. The fraction of sp³-hybridized carbons (Fsp3) is 0.409. The molecule has 1 aliphatic heterocycles. The minimum atomic E-state index is -0.344. The molecule has 6 nitrogen and oxygen atoms in total. The number of piperidine rings is 1. The zero-order valence-electron chi connectivity index (χ0n) is 17.1. The third-order valence-corrected chi connectivity index (χ3v) is 6.18. The van der Waals surface area contributed by atoms with E-state index in [0.29, 0.717) is 41.4 Å². The van der Waals surface area contributed by atoms with Crippen LogP contribution < -0.4 is 0 Å². The summed E-state index contributed by atoms with van der Waals surface area (Å²) in [5.41, 5.74) is 0.443. The van der Waals surface area contributed by atoms with Gasteiger partial charge < -0.3 is 14.5 Å². The minimum absolute atomic E-state index is 0.0820. The van der Waals surface area contributed by atoms with Crippen LogP contribution in [0.4, 0.5) is 4.39 Å². The number of rotatable bonds is 6. The van der Waals surface area contributed by atoms with Crippen LogP contribution in [-0.2, 0) is 14.3 Å². The third-order valence-electron chi connectivity index (χ3n) is 5.07. The molecule has 3 rings (SSSR count). The van der Waals surface area contributed by atoms with Crippen LogP contribution in [0.5, 0.6) is 0 Å². The smallest absolute Gasteiger partial charge is 0.310 e. The first-order valence-corrected chi connectivity index (χ1v) is 10.8. The van der Waals surface area contributed by atoms with Crippen LogP contribution in [0.2, 0.25) is 0 Å². The number of amides is 2. The molecule has 1 aromatic heterocycles. The molecule has 2 amide bonds. The molecule has 0 saturated carbocycles. The predicted octanol–water partition coefficient (Wildman–Crippen LogP) is 3.43. The summed E-state index contributed by atoms with van der Waals surface area (Å²) in [7, 11) is 1.56. The number of hydrogen-bond donors (Lipinski definition) is 0. The average molecular weight is 433 g/mol. The normalized spacial score (nSPS) is 16.2. The molecule has 1 aromatic carbocycles. The van der Waals surface area contributed by atoms with E-state index >= 15 is 0 Å². The van der Waals surface area contributed by atoms with Crippen molar-refractivity contribution in [3.05, 3.63) is 47.1 Å². The molecule has 0 N–H and O–H groups in total. The Kier molecular flexibility index (Phi) is 7.20. The molecule has 1 aliphatic rings. The highest BCUT2D eigenvalue weighted by Gasteiger charge is 2.30. The number of carbonyl (C=O) groups is 3. The molecule has 0 spiro atoms. The van der Waals surface area contributed by atoms with E-state index in [9.17, 15) is 18.8 Å². The lowest BCUT2D eigenvalue weighted by atomic mass is 9.98. The SMILES string of the molecule is CCOC(=O)C1CCCN(C(=O)CN(C)C(=O)c2ccc(-c3ccccc3F)s2)C1. The summed E-state index contributed by atoms with van der Waals surface area (Å²) < 4.78 is 19.1. The number of benzene rings is 1. The highest BCUT2D eigenvalue weighted by Crippen LogP contribution is 2.30. The van der Waals surface area contributed by atoms with E-state index in [0.717, 1.165) is 6.42 Å². The Morgan fingerprint density at radius 1 is 1.23 bits per heavy atom. The molecule has 0 radical (unpaired) electrons. The van der Waals surface area contributed by atoms with Gasteiger partial charge in [-0.15, -0.1) is 11.3 Å². The summed E-state index contributed by atoms with van der Waals surface area (Å²) >= 11 is 1.19. The first-order chi connectivity index (χ1) is 14.4. The summed E-state index contributed by atoms with van der Waals surface area (Å²) in [5.74, 6) is -1.44. The van der Waals surface area contributed by atoms with Crippen LogP contribution in [0.25, 0.3) is 10.4 Å². The Morgan fingerprint density at radius 3 is 2.73 bits per heavy atom. The summed E-state index contributed by atoms with van der Waals surface area (Å²) in [6, 6.07) is 9.76. The van der Waals surface area contributed by atoms with Crippen LogP contribution >= 0.6 is 11.3 Å². The number of nitrogens with zero attached hydrogens (tertiary/aromatic N) is 2. The third kappa shape index (κ3) is 5.05. The highest BCUT2D eigenvalue weighted by molar-refractivity contribution is 7.17. The van der Waals surface area contributed by atoms with Gasteiger partial charge in [0.1, 0.15) is 5.82 Å². The van der Waals surface area contributed by atoms with Crippen LogP contribution in [0.1, 0.15) is 29.4 Å². The lowest BCUT2D eigenvalue weighted by Crippen LogP contribution is -2.47. The highest BCUT2D eigenvalue weighted by atomic mass is 32.1. The number of carbonyl (C=O) groups excluding carboxylic acids is 3. The maximum atomic E-state index is 14.0. The van der Waals surface area contributed by atoms with Crippen molar-refractivity contribution in [3.63, 3.8) is 0 Å². The predicted molar refractivity (Wildman–Crippen MR) is 113 cm³/mol. The molecule has 0 aliphatic carbocycles. The van der Waals surface area contributed by atoms with Gasteiger partial charge in [-0.2, -0.15) is 0 Å². The number of hydrogen-bond acceptors (Lipinski definition) is 5. The van der Waals surface area contributed by atoms with Crippen LogP contribution in [0, 0.1) is 11.7 Å². The average Bonchev–Trinajstić information content (AvgIpc) is 3.23. The first kappa shape index (κ1) is 22.0. The van der Waals surface area contributed by atoms with Gasteiger partial charge in [0.15, 0.2) is 0 Å². The van der Waals surface area contributed by atoms with Crippen molar-refractivity contribution >= 4 is 29.1 Å². The molecule has 2 aromatic rings. The van der Waals surface area contributed by atoms with Gasteiger partial charge in [0.25, 0.3) is 5.91 Å². The Hall–Kier alpha value is -2.74. The second-order valence-corrected chi connectivity index (χ2v) is 8.32. The number of thiophene rings is 1. The van der Waals surface area contributed by atoms with Gasteiger partial charge in [0.05, 0.1) is 23.9 Å². The number of ether oxygens (including phenoxy) is 1. The van der Waals surface area contributed by atoms with Gasteiger partial charge in [0.2, 0.25) is 5.91 Å². The molecule has 1 unspecified atom stereocenters. The second-order valence-electron chi connectivity index (χ2n) is 7.24. The largest absolute Gasteiger partial charge is 0.466 e. The maximum Gasteiger partial charge on any atom is 0.310 e. The van der Waals surface area contributed by atoms with Gasteiger partial charge in [0, 0.05) is 30.6 Å². The van der Waals surface area contributed by atoms with Gasteiger partial charge >= 0.3 is 5.97 Å². The lowest BCUT2D eigenvalue weighted by molar-refractivity contribution is -0.151. The molecule has 2 heterocycles. The van der Waals surface area contributed by atoms with Crippen LogP contribution in [0.3, 0.4) is 0 Å². The summed E-state index contributed by atoms with van der Waals surface area (Å²) in [4.78, 5) is 41.5. The molecule has 1 saturated heterocycles. The van der Waals surface area contributed by atoms with Gasteiger partial charge in [-0.05, 0) is 38.0 Å². The number of halogens is 1. The standard InChI is InChI=1S/C22H25FN2O4S/c1-3-29-22(28)15-7-6-12-25(13-15)20(26)14-24(2)21(27)19-11-10-18(30-19)16-8-4-5-9-17(16)23/h4-5,8-11,15H,3,6-7,12-14H2,1-2H3. The van der Waals surface area contributed by atoms with E-state index in [1.165, 1.54) is 22.3 Å². The Labute approximate surface area is 179 Å². The van der Waals surface area contributed by atoms with Crippen molar-refractivity contribution in [3.8, 4) is 10.4 Å². The van der Waals surface area contributed by atoms with Crippen molar-refractivity contribution in [1.29, 1.82) is 0 Å². The van der Waals surface area contributed by atoms with Crippen LogP contribution in [-0.4, -0.2) is 60.9 Å². The molecule has 0 bridgehead atoms. The quantitative estimate of drug-likeness (QED) is 0.656. The Morgan fingerprint density at radius 2 is 2.00 bits per heavy atom. The van der Waals surface area contributed by atoms with E-state index in [2.05, 4.69) is 0 Å². The van der Waals surface area contributed by atoms with E-state index in [1.54, 1.807) is 49.2 Å². The van der Waals surface area contributed by atoms with Crippen molar-refractivity contribution in [2.45, 2.75) is 19.8 Å². The fourth-order valence-electron chi connectivity index (χ4n) is 3.48. The number of likely N-dealkylation sites (tertiary alicyclic amines) is 1. The topological polar surface area (TPSA) is 66.9 Å². The van der Waals surface area contributed by atoms with Gasteiger partial charge in [-0.3, -0.25) is 14.4 Å². The number of likely N-dealkylation sites (N-methyl/N-ethyl adjacent to an activating group) is 1. The molecule has 8 heteroatoms. The van der Waals surface area contributed by atoms with E-state index < -0.39 is 0 Å². The van der Waals surface area contributed by atoms with Gasteiger partial charge in [-0.25, -0.2) is 4.39 Å². The van der Waals surface area contributed by atoms with Crippen molar-refractivity contribution in [2.24, 2.45) is 5.92 Å². The zero-order valence-corrected chi connectivity index (χ0v) is 17.9. The minimum Gasteiger partial charge on any atom is -0.466 e. The number of esters is 1. The maximum absolute atomic E-state index is 14.0. The van der Waals surface area contributed by atoms with Crippen molar-refractivity contribution < 1.29 is 23.5 Å². The van der Waals surface area contributed by atoms with Crippen molar-refractivity contribution in [2.75, 3.05) is 33.3 Å². The second kappa shape index (κ2) is 9.84. The van der Waals surface area contributed by atoms with Gasteiger partial charge in [-0.1, -0.05) is 18.2 Å². The molecule has 1 atom stereocenters. The molecular formula is C22H25FN2O4S. The first-order valence-electron chi connectivity index (χ1n) is 9.95. The zero-order chi connectivity index (χ0) is 21.7. The van der Waals surface area contributed by atoms with E-state index in [1.807, 2.05) is 0 Å². The summed E-state index contributed by atoms with van der Waals surface area (Å²) in [6.07, 6.45) is 1.43. The van der Waals surface area contributed by atoms with E-state index in [4.69, 9.17) is 4.74 Å². The Balaban J connectivity index is 1.61. The molecule has 1 fully saturated rings. The van der Waals surface area contributed by atoms with Crippen LogP contribution in [0.15, 0.2) is 36.4 Å².